The third kappa shape index (κ3) is 3.28. The lowest BCUT2D eigenvalue weighted by atomic mass is 10.2. The highest BCUT2D eigenvalue weighted by molar-refractivity contribution is 4.95. The van der Waals surface area contributed by atoms with Gasteiger partial charge < -0.3 is 15.0 Å². The molecule has 0 bridgehead atoms. The van der Waals surface area contributed by atoms with Crippen LogP contribution in [-0.2, 0) is 17.8 Å². The van der Waals surface area contributed by atoms with E-state index in [0.717, 1.165) is 45.0 Å². The van der Waals surface area contributed by atoms with E-state index in [0.29, 0.717) is 6.54 Å². The van der Waals surface area contributed by atoms with Crippen LogP contribution in [0.4, 0.5) is 0 Å². The van der Waals surface area contributed by atoms with Gasteiger partial charge in [-0.3, -0.25) is 4.90 Å². The third-order valence-corrected chi connectivity index (χ3v) is 3.26. The van der Waals surface area contributed by atoms with Crippen molar-refractivity contribution in [2.75, 3.05) is 26.2 Å². The third-order valence-electron chi connectivity index (χ3n) is 3.26. The van der Waals surface area contributed by atoms with Crippen LogP contribution in [0, 0.1) is 0 Å². The van der Waals surface area contributed by atoms with Gasteiger partial charge in [-0.1, -0.05) is 0 Å². The molecule has 1 aliphatic rings. The van der Waals surface area contributed by atoms with E-state index in [2.05, 4.69) is 20.6 Å². The van der Waals surface area contributed by atoms with Crippen LogP contribution < -0.4 is 5.73 Å². The van der Waals surface area contributed by atoms with E-state index in [4.69, 9.17) is 10.5 Å². The van der Waals surface area contributed by atoms with Gasteiger partial charge in [-0.05, 0) is 13.3 Å². The molecule has 0 aliphatic carbocycles. The van der Waals surface area contributed by atoms with Crippen molar-refractivity contribution in [2.45, 2.75) is 32.5 Å². The number of nitrogens with zero attached hydrogens (tertiary/aromatic N) is 3. The maximum atomic E-state index is 5.67. The quantitative estimate of drug-likeness (QED) is 0.782. The van der Waals surface area contributed by atoms with E-state index < -0.39 is 0 Å². The lowest BCUT2D eigenvalue weighted by molar-refractivity contribution is 0.0515. The van der Waals surface area contributed by atoms with Gasteiger partial charge in [0.1, 0.15) is 5.82 Å². The number of imidazole rings is 1. The summed E-state index contributed by atoms with van der Waals surface area (Å²) in [6, 6.07) is 0. The van der Waals surface area contributed by atoms with E-state index in [9.17, 15) is 0 Å². The van der Waals surface area contributed by atoms with Crippen molar-refractivity contribution in [3.63, 3.8) is 0 Å². The van der Waals surface area contributed by atoms with Crippen LogP contribution in [0.15, 0.2) is 12.4 Å². The molecule has 5 heteroatoms. The number of aromatic nitrogens is 2. The molecule has 0 fully saturated rings. The molecule has 17 heavy (non-hydrogen) atoms. The Morgan fingerprint density at radius 1 is 1.53 bits per heavy atom. The second-order valence-electron chi connectivity index (χ2n) is 4.41. The molecule has 0 radical (unpaired) electrons. The molecule has 1 aromatic rings. The molecule has 0 aromatic carbocycles. The van der Waals surface area contributed by atoms with Gasteiger partial charge in [-0.25, -0.2) is 4.98 Å². The zero-order valence-electron chi connectivity index (χ0n) is 10.5. The molecule has 0 saturated heterocycles. The zero-order valence-corrected chi connectivity index (χ0v) is 10.5. The van der Waals surface area contributed by atoms with E-state index in [1.807, 2.05) is 13.1 Å². The van der Waals surface area contributed by atoms with Gasteiger partial charge in [-0.15, -0.1) is 0 Å². The Morgan fingerprint density at radius 2 is 2.41 bits per heavy atom. The lowest BCUT2D eigenvalue weighted by Crippen LogP contribution is -2.37. The highest BCUT2D eigenvalue weighted by Gasteiger charge is 2.17. The van der Waals surface area contributed by atoms with Crippen LogP contribution in [-0.4, -0.2) is 46.8 Å². The normalized spacial score (nSPS) is 18.0. The molecule has 1 aromatic heterocycles. The molecular weight excluding hydrogens is 216 g/mol. The first kappa shape index (κ1) is 12.5. The molecule has 2 N–H and O–H groups in total. The van der Waals surface area contributed by atoms with Crippen molar-refractivity contribution < 1.29 is 4.74 Å². The fourth-order valence-electron chi connectivity index (χ4n) is 2.25. The number of hydrogen-bond acceptors (Lipinski definition) is 4. The summed E-state index contributed by atoms with van der Waals surface area (Å²) in [6.07, 6.45) is 5.13. The van der Waals surface area contributed by atoms with Gasteiger partial charge in [0.15, 0.2) is 0 Å². The molecule has 0 amide bonds. The van der Waals surface area contributed by atoms with Crippen molar-refractivity contribution in [2.24, 2.45) is 5.73 Å². The Balaban J connectivity index is 1.78. The minimum atomic E-state index is 0.196. The number of rotatable bonds is 6. The topological polar surface area (TPSA) is 56.3 Å². The summed E-state index contributed by atoms with van der Waals surface area (Å²) < 4.78 is 7.79. The monoisotopic (exact) mass is 238 g/mol. The molecular formula is C12H22N4O. The summed E-state index contributed by atoms with van der Waals surface area (Å²) in [5.41, 5.74) is 5.67. The van der Waals surface area contributed by atoms with Gasteiger partial charge in [-0.2, -0.15) is 0 Å². The number of hydrogen-bond donors (Lipinski definition) is 1. The Labute approximate surface area is 103 Å². The van der Waals surface area contributed by atoms with Gasteiger partial charge in [0, 0.05) is 45.2 Å². The number of fused-ring (bicyclic) bond motifs is 1. The Morgan fingerprint density at radius 3 is 3.18 bits per heavy atom. The average molecular weight is 238 g/mol. The van der Waals surface area contributed by atoms with Crippen molar-refractivity contribution in [1.29, 1.82) is 0 Å². The minimum Gasteiger partial charge on any atom is -0.377 e. The van der Waals surface area contributed by atoms with Crippen LogP contribution >= 0.6 is 0 Å². The summed E-state index contributed by atoms with van der Waals surface area (Å²) in [4.78, 5) is 6.78. The molecule has 96 valence electrons. The van der Waals surface area contributed by atoms with Crippen molar-refractivity contribution >= 4 is 0 Å². The Kier molecular flexibility index (Phi) is 4.53. The minimum absolute atomic E-state index is 0.196. The summed E-state index contributed by atoms with van der Waals surface area (Å²) in [5, 5.41) is 0. The number of ether oxygens (including phenoxy) is 1. The van der Waals surface area contributed by atoms with Crippen LogP contribution in [0.5, 0.6) is 0 Å². The largest absolute Gasteiger partial charge is 0.377 e. The zero-order chi connectivity index (χ0) is 12.1. The van der Waals surface area contributed by atoms with E-state index in [1.165, 1.54) is 0 Å². The molecule has 1 aliphatic heterocycles. The first-order chi connectivity index (χ1) is 8.33. The van der Waals surface area contributed by atoms with Crippen molar-refractivity contribution in [1.82, 2.24) is 14.5 Å². The second kappa shape index (κ2) is 6.14. The van der Waals surface area contributed by atoms with E-state index in [1.54, 1.807) is 0 Å². The second-order valence-corrected chi connectivity index (χ2v) is 4.41. The van der Waals surface area contributed by atoms with Crippen LogP contribution in [0.1, 0.15) is 19.2 Å². The van der Waals surface area contributed by atoms with Gasteiger partial charge in [0.2, 0.25) is 0 Å². The Bertz CT molecular complexity index is 339. The average Bonchev–Trinajstić information content (AvgIpc) is 2.81. The summed E-state index contributed by atoms with van der Waals surface area (Å²) in [5.74, 6) is 1.16. The van der Waals surface area contributed by atoms with Crippen LogP contribution in [0.2, 0.25) is 0 Å². The van der Waals surface area contributed by atoms with Gasteiger partial charge in [0.25, 0.3) is 0 Å². The summed E-state index contributed by atoms with van der Waals surface area (Å²) in [6.45, 7) is 7.47. The standard InChI is InChI=1S/C12H22N4O/c1-2-17-11(9-13)3-5-15-7-8-16-6-4-14-12(16)10-15/h4,6,11H,2-3,5,7-10,13H2,1H3. The predicted octanol–water partition coefficient (Wildman–Crippen LogP) is 0.453. The predicted molar refractivity (Wildman–Crippen MR) is 66.6 cm³/mol. The van der Waals surface area contributed by atoms with Gasteiger partial charge >= 0.3 is 0 Å². The molecule has 0 saturated carbocycles. The number of nitrogens with two attached hydrogens (primary N) is 1. The molecule has 1 atom stereocenters. The van der Waals surface area contributed by atoms with E-state index in [-0.39, 0.29) is 6.10 Å². The fraction of sp³-hybridized carbons (Fsp3) is 0.750. The summed E-state index contributed by atoms with van der Waals surface area (Å²) in [7, 11) is 0. The smallest absolute Gasteiger partial charge is 0.122 e. The fourth-order valence-corrected chi connectivity index (χ4v) is 2.25. The summed E-state index contributed by atoms with van der Waals surface area (Å²) >= 11 is 0. The lowest BCUT2D eigenvalue weighted by Gasteiger charge is -2.28. The maximum Gasteiger partial charge on any atom is 0.122 e. The molecule has 1 unspecified atom stereocenters. The molecule has 0 spiro atoms. The van der Waals surface area contributed by atoms with Gasteiger partial charge in [0.05, 0.1) is 12.6 Å². The Hall–Kier alpha value is -0.910. The maximum absolute atomic E-state index is 5.67. The highest BCUT2D eigenvalue weighted by atomic mass is 16.5. The first-order valence-electron chi connectivity index (χ1n) is 6.37. The van der Waals surface area contributed by atoms with Crippen molar-refractivity contribution in [3.05, 3.63) is 18.2 Å². The van der Waals surface area contributed by atoms with Crippen LogP contribution in [0.25, 0.3) is 0 Å². The molecule has 2 rings (SSSR count). The highest BCUT2D eigenvalue weighted by Crippen LogP contribution is 2.11. The molecule has 2 heterocycles. The van der Waals surface area contributed by atoms with Crippen LogP contribution in [0.3, 0.4) is 0 Å². The SMILES string of the molecule is CCOC(CN)CCN1CCn2ccnc2C1. The molecule has 5 nitrogen and oxygen atoms in total. The van der Waals surface area contributed by atoms with E-state index >= 15 is 0 Å². The first-order valence-corrected chi connectivity index (χ1v) is 6.37. The van der Waals surface area contributed by atoms with Crippen molar-refractivity contribution in [3.8, 4) is 0 Å².